The Kier molecular flexibility index (Phi) is 7.05. The lowest BCUT2D eigenvalue weighted by molar-refractivity contribution is 0.0521. The summed E-state index contributed by atoms with van der Waals surface area (Å²) < 4.78 is 25.4. The summed E-state index contributed by atoms with van der Waals surface area (Å²) in [6, 6.07) is 6.35. The van der Waals surface area contributed by atoms with Crippen LogP contribution in [0.2, 0.25) is 0 Å². The summed E-state index contributed by atoms with van der Waals surface area (Å²) in [7, 11) is 0. The Morgan fingerprint density at radius 2 is 1.76 bits per heavy atom. The molecule has 4 aromatic rings. The van der Waals surface area contributed by atoms with Crippen LogP contribution in [0, 0.1) is 5.82 Å². The normalized spacial score (nSPS) is 12.1. The smallest absolute Gasteiger partial charge is 0.416 e. The van der Waals surface area contributed by atoms with E-state index in [1.165, 1.54) is 23.4 Å². The van der Waals surface area contributed by atoms with Crippen molar-refractivity contribution < 1.29 is 23.5 Å². The molecule has 4 rings (SSSR count). The largest absolute Gasteiger partial charge is 0.444 e. The molecule has 202 valence electrons. The Bertz CT molecular complexity index is 1500. The van der Waals surface area contributed by atoms with Crippen molar-refractivity contribution in [1.82, 2.24) is 25.3 Å². The van der Waals surface area contributed by atoms with Crippen molar-refractivity contribution in [1.29, 1.82) is 0 Å². The van der Waals surface area contributed by atoms with Gasteiger partial charge in [0.2, 0.25) is 0 Å². The Balaban J connectivity index is 1.70. The monoisotopic (exact) mass is 524 g/mol. The molecule has 0 aliphatic rings. The molecule has 0 bridgehead atoms. The molecule has 0 radical (unpaired) electrons. The summed E-state index contributed by atoms with van der Waals surface area (Å²) in [6.07, 6.45) is 0.423. The summed E-state index contributed by atoms with van der Waals surface area (Å²) >= 11 is 0. The highest BCUT2D eigenvalue weighted by Crippen LogP contribution is 2.33. The summed E-state index contributed by atoms with van der Waals surface area (Å²) in [6.45, 7) is 13.0. The average Bonchev–Trinajstić information content (AvgIpc) is 3.42. The van der Waals surface area contributed by atoms with Crippen molar-refractivity contribution in [3.05, 3.63) is 42.0 Å². The van der Waals surface area contributed by atoms with Crippen LogP contribution < -0.4 is 10.2 Å². The third-order valence-electron chi connectivity index (χ3n) is 5.42. The first-order chi connectivity index (χ1) is 17.7. The number of amides is 2. The Morgan fingerprint density at radius 3 is 2.42 bits per heavy atom. The summed E-state index contributed by atoms with van der Waals surface area (Å²) in [4.78, 5) is 41.9. The number of nitrogens with one attached hydrogen (secondary N) is 3. The summed E-state index contributed by atoms with van der Waals surface area (Å²) in [5.74, 6) is -0.0839. The van der Waals surface area contributed by atoms with E-state index in [0.717, 1.165) is 0 Å². The van der Waals surface area contributed by atoms with Gasteiger partial charge in [0, 0.05) is 29.7 Å². The fourth-order valence-corrected chi connectivity index (χ4v) is 3.97. The number of carbonyl (C=O) groups is 2. The number of H-pyrrole nitrogens is 2. The second kappa shape index (κ2) is 9.96. The van der Waals surface area contributed by atoms with Gasteiger partial charge in [-0.15, -0.1) is 0 Å². The minimum absolute atomic E-state index is 0.0905. The Hall–Kier alpha value is -4.15. The van der Waals surface area contributed by atoms with Crippen LogP contribution in [-0.2, 0) is 16.0 Å². The van der Waals surface area contributed by atoms with E-state index in [4.69, 9.17) is 14.5 Å². The zero-order chi connectivity index (χ0) is 27.8. The van der Waals surface area contributed by atoms with E-state index in [1.807, 2.05) is 13.0 Å². The average molecular weight is 525 g/mol. The van der Waals surface area contributed by atoms with Gasteiger partial charge in [-0.3, -0.25) is 4.90 Å². The number of alkyl carbamates (subject to hydrolysis) is 1. The molecular weight excluding hydrogens is 491 g/mol. The number of pyridine rings is 1. The molecule has 0 unspecified atom stereocenters. The number of fused-ring (bicyclic) bond motifs is 3. The number of carbonyl (C=O) groups excluding carboxylic acids is 2. The molecule has 0 saturated heterocycles. The lowest BCUT2D eigenvalue weighted by atomic mass is 10.1. The van der Waals surface area contributed by atoms with Crippen molar-refractivity contribution in [2.45, 2.75) is 66.2 Å². The number of hydrogen-bond donors (Lipinski definition) is 3. The lowest BCUT2D eigenvalue weighted by Gasteiger charge is -2.26. The van der Waals surface area contributed by atoms with Crippen molar-refractivity contribution >= 4 is 40.1 Å². The highest BCUT2D eigenvalue weighted by Gasteiger charge is 2.26. The van der Waals surface area contributed by atoms with Crippen LogP contribution in [0.5, 0.6) is 0 Å². The molecule has 0 saturated carbocycles. The first-order valence-corrected chi connectivity index (χ1v) is 12.4. The number of aromatic amines is 2. The zero-order valence-electron chi connectivity index (χ0n) is 22.7. The van der Waals surface area contributed by atoms with E-state index in [9.17, 15) is 14.0 Å². The van der Waals surface area contributed by atoms with Crippen LogP contribution in [-0.4, -0.2) is 49.9 Å². The first-order valence-electron chi connectivity index (χ1n) is 12.4. The maximum Gasteiger partial charge on any atom is 0.416 e. The highest BCUT2D eigenvalue weighted by atomic mass is 19.1. The maximum atomic E-state index is 14.6. The van der Waals surface area contributed by atoms with E-state index in [0.29, 0.717) is 51.3 Å². The lowest BCUT2D eigenvalue weighted by Crippen LogP contribution is -2.37. The topological polar surface area (TPSA) is 125 Å². The molecule has 1 aromatic carbocycles. The standard InChI is InChI=1S/C27H33FN6O4/c1-8-34(25(36)38-27(5,6)7)23-21-20(30-14-31-21)18-12-19(32-22(18)33-23)16-9-15(10-17(28)11-16)13-29-24(35)37-26(2,3)4/h9-12,14H,8,13H2,1-7H3,(H,29,35)(H,30,31)(H,32,33). The number of nitrogens with zero attached hydrogens (tertiary/aromatic N) is 3. The quantitative estimate of drug-likeness (QED) is 0.293. The van der Waals surface area contributed by atoms with Gasteiger partial charge in [-0.05, 0) is 78.3 Å². The predicted molar refractivity (Wildman–Crippen MR) is 143 cm³/mol. The number of anilines is 1. The molecule has 0 aliphatic carbocycles. The number of ether oxygens (including phenoxy) is 2. The van der Waals surface area contributed by atoms with E-state index in [2.05, 4.69) is 20.3 Å². The minimum Gasteiger partial charge on any atom is -0.444 e. The van der Waals surface area contributed by atoms with Crippen LogP contribution in [0.3, 0.4) is 0 Å². The second-order valence-corrected chi connectivity index (χ2v) is 10.9. The van der Waals surface area contributed by atoms with Crippen LogP contribution >= 0.6 is 0 Å². The highest BCUT2D eigenvalue weighted by molar-refractivity contribution is 6.09. The third-order valence-corrected chi connectivity index (χ3v) is 5.42. The van der Waals surface area contributed by atoms with Gasteiger partial charge in [-0.1, -0.05) is 0 Å². The Labute approximate surface area is 219 Å². The van der Waals surface area contributed by atoms with Gasteiger partial charge < -0.3 is 24.8 Å². The molecule has 0 aliphatic heterocycles. The number of aromatic nitrogens is 4. The molecule has 0 fully saturated rings. The first kappa shape index (κ1) is 26.9. The molecule has 0 atom stereocenters. The molecule has 3 N–H and O–H groups in total. The van der Waals surface area contributed by atoms with Gasteiger partial charge in [0.15, 0.2) is 5.82 Å². The van der Waals surface area contributed by atoms with Crippen LogP contribution in [0.15, 0.2) is 30.6 Å². The number of rotatable bonds is 5. The van der Waals surface area contributed by atoms with Crippen molar-refractivity contribution in [3.63, 3.8) is 0 Å². The van der Waals surface area contributed by atoms with Crippen molar-refractivity contribution in [2.24, 2.45) is 0 Å². The van der Waals surface area contributed by atoms with Gasteiger partial charge in [-0.25, -0.2) is 23.9 Å². The zero-order valence-corrected chi connectivity index (χ0v) is 22.7. The summed E-state index contributed by atoms with van der Waals surface area (Å²) in [5, 5.41) is 3.35. The van der Waals surface area contributed by atoms with Crippen LogP contribution in [0.4, 0.5) is 19.8 Å². The molecule has 0 spiro atoms. The maximum absolute atomic E-state index is 14.6. The molecule has 10 nitrogen and oxygen atoms in total. The van der Waals surface area contributed by atoms with Gasteiger partial charge in [-0.2, -0.15) is 0 Å². The predicted octanol–water partition coefficient (Wildman–Crippen LogP) is 6.03. The van der Waals surface area contributed by atoms with Gasteiger partial charge in [0.25, 0.3) is 0 Å². The molecule has 3 heterocycles. The number of imidazole rings is 1. The minimum atomic E-state index is -0.672. The van der Waals surface area contributed by atoms with Crippen LogP contribution in [0.1, 0.15) is 54.0 Å². The van der Waals surface area contributed by atoms with E-state index >= 15 is 0 Å². The number of benzene rings is 1. The summed E-state index contributed by atoms with van der Waals surface area (Å²) in [5.41, 5.74) is 2.09. The molecule has 2 amide bonds. The van der Waals surface area contributed by atoms with Gasteiger partial charge >= 0.3 is 12.2 Å². The SMILES string of the molecule is CCN(C(=O)OC(C)(C)C)c1nc2[nH]c(-c3cc(F)cc(CNC(=O)OC(C)(C)C)c3)cc2c2nc[nH]c12. The second-order valence-electron chi connectivity index (χ2n) is 10.9. The van der Waals surface area contributed by atoms with Gasteiger partial charge in [0.1, 0.15) is 33.7 Å². The number of hydrogen-bond acceptors (Lipinski definition) is 6. The Morgan fingerprint density at radius 1 is 1.05 bits per heavy atom. The van der Waals surface area contributed by atoms with E-state index < -0.39 is 29.2 Å². The van der Waals surface area contributed by atoms with Gasteiger partial charge in [0.05, 0.1) is 6.33 Å². The van der Waals surface area contributed by atoms with Crippen molar-refractivity contribution in [3.8, 4) is 11.3 Å². The molecule has 38 heavy (non-hydrogen) atoms. The fraction of sp³-hybridized carbons (Fsp3) is 0.407. The third kappa shape index (κ3) is 6.04. The molecule has 3 aromatic heterocycles. The fourth-order valence-electron chi connectivity index (χ4n) is 3.97. The van der Waals surface area contributed by atoms with Crippen molar-refractivity contribution in [2.75, 3.05) is 11.4 Å². The molecular formula is C27H33FN6O4. The van der Waals surface area contributed by atoms with E-state index in [1.54, 1.807) is 47.6 Å². The molecule has 11 heteroatoms. The number of halogens is 1. The van der Waals surface area contributed by atoms with Crippen LogP contribution in [0.25, 0.3) is 33.3 Å². The van der Waals surface area contributed by atoms with E-state index in [-0.39, 0.29) is 6.54 Å².